The fourth-order valence-electron chi connectivity index (χ4n) is 2.17. The summed E-state index contributed by atoms with van der Waals surface area (Å²) < 4.78 is 6.17. The number of imide groups is 1. The highest BCUT2D eigenvalue weighted by molar-refractivity contribution is 8.00. The van der Waals surface area contributed by atoms with Crippen LogP contribution in [-0.4, -0.2) is 35.0 Å². The Morgan fingerprint density at radius 3 is 2.57 bits per heavy atom. The highest BCUT2D eigenvalue weighted by Gasteiger charge is 2.22. The van der Waals surface area contributed by atoms with Gasteiger partial charge in [-0.1, -0.05) is 30.0 Å². The number of carbonyl (C=O) groups excluding carboxylic acids is 3. The van der Waals surface area contributed by atoms with Crippen LogP contribution in [0.5, 0.6) is 0 Å². The number of aromatic nitrogens is 1. The van der Waals surface area contributed by atoms with E-state index in [-0.39, 0.29) is 6.04 Å². The lowest BCUT2D eigenvalue weighted by molar-refractivity contribution is -0.127. The molecule has 1 heterocycles. The van der Waals surface area contributed by atoms with Crippen LogP contribution in [0.4, 0.5) is 4.79 Å². The van der Waals surface area contributed by atoms with Gasteiger partial charge in [-0.15, -0.1) is 11.3 Å². The van der Waals surface area contributed by atoms with Crippen molar-refractivity contribution in [3.63, 3.8) is 0 Å². The molecule has 28 heavy (non-hydrogen) atoms. The maximum atomic E-state index is 12.5. The molecular weight excluding hydrogens is 398 g/mol. The van der Waals surface area contributed by atoms with Crippen molar-refractivity contribution in [2.45, 2.75) is 49.9 Å². The molecule has 0 bridgehead atoms. The molecule has 0 unspecified atom stereocenters. The normalized spacial score (nSPS) is 11.8. The Bertz CT molecular complexity index is 851. The smallest absolute Gasteiger partial charge is 0.339 e. The standard InChI is InChI=1S/C19H23N3O4S2/c1-11(2)20-18(25)22-16(23)13(4)26-17(24)15-8-6-5-7-14(15)10-28-19-21-12(3)9-27-19/h5-9,11,13H,10H2,1-4H3,(H2,20,22,23,25)/t13-/m0/s1. The number of thiazole rings is 1. The summed E-state index contributed by atoms with van der Waals surface area (Å²) in [7, 11) is 0. The number of esters is 1. The molecule has 2 aromatic rings. The Kier molecular flexibility index (Phi) is 8.01. The number of amides is 3. The number of hydrogen-bond acceptors (Lipinski definition) is 7. The van der Waals surface area contributed by atoms with Crippen molar-refractivity contribution >= 4 is 41.0 Å². The van der Waals surface area contributed by atoms with Gasteiger partial charge in [-0.05, 0) is 39.3 Å². The van der Waals surface area contributed by atoms with E-state index in [0.29, 0.717) is 11.3 Å². The molecule has 2 N–H and O–H groups in total. The van der Waals surface area contributed by atoms with E-state index >= 15 is 0 Å². The summed E-state index contributed by atoms with van der Waals surface area (Å²) in [4.78, 5) is 40.6. The number of urea groups is 1. The molecule has 1 aromatic heterocycles. The van der Waals surface area contributed by atoms with E-state index in [1.807, 2.05) is 24.4 Å². The van der Waals surface area contributed by atoms with Crippen molar-refractivity contribution in [3.05, 3.63) is 46.5 Å². The van der Waals surface area contributed by atoms with Gasteiger partial charge in [-0.25, -0.2) is 14.6 Å². The van der Waals surface area contributed by atoms with E-state index in [9.17, 15) is 14.4 Å². The number of rotatable bonds is 7. The quantitative estimate of drug-likeness (QED) is 0.524. The maximum absolute atomic E-state index is 12.5. The van der Waals surface area contributed by atoms with Gasteiger partial charge in [0.25, 0.3) is 5.91 Å². The molecule has 9 heteroatoms. The molecule has 0 saturated heterocycles. The van der Waals surface area contributed by atoms with Crippen molar-refractivity contribution in [2.75, 3.05) is 0 Å². The minimum absolute atomic E-state index is 0.114. The monoisotopic (exact) mass is 421 g/mol. The Labute approximate surface area is 172 Å². The van der Waals surface area contributed by atoms with Crippen molar-refractivity contribution in [2.24, 2.45) is 0 Å². The first-order chi connectivity index (χ1) is 13.3. The first kappa shape index (κ1) is 21.9. The van der Waals surface area contributed by atoms with E-state index < -0.39 is 24.0 Å². The number of benzene rings is 1. The first-order valence-corrected chi connectivity index (χ1v) is 10.6. The number of nitrogens with zero attached hydrogens (tertiary/aromatic N) is 1. The molecule has 0 aliphatic rings. The third kappa shape index (κ3) is 6.65. The maximum Gasteiger partial charge on any atom is 0.339 e. The fraction of sp³-hybridized carbons (Fsp3) is 0.368. The van der Waals surface area contributed by atoms with Crippen LogP contribution in [0.3, 0.4) is 0 Å². The van der Waals surface area contributed by atoms with Crippen LogP contribution in [-0.2, 0) is 15.3 Å². The summed E-state index contributed by atoms with van der Waals surface area (Å²) in [6.45, 7) is 6.90. The van der Waals surface area contributed by atoms with Crippen LogP contribution in [0.1, 0.15) is 42.4 Å². The van der Waals surface area contributed by atoms with Gasteiger partial charge >= 0.3 is 12.0 Å². The van der Waals surface area contributed by atoms with E-state index in [2.05, 4.69) is 15.6 Å². The van der Waals surface area contributed by atoms with Gasteiger partial charge in [-0.3, -0.25) is 10.1 Å². The first-order valence-electron chi connectivity index (χ1n) is 8.71. The van der Waals surface area contributed by atoms with E-state index in [0.717, 1.165) is 15.6 Å². The van der Waals surface area contributed by atoms with Crippen LogP contribution in [0.2, 0.25) is 0 Å². The molecule has 0 aliphatic heterocycles. The van der Waals surface area contributed by atoms with Crippen LogP contribution in [0.15, 0.2) is 34.0 Å². The zero-order valence-corrected chi connectivity index (χ0v) is 17.8. The summed E-state index contributed by atoms with van der Waals surface area (Å²) in [6.07, 6.45) is -1.10. The highest BCUT2D eigenvalue weighted by Crippen LogP contribution is 2.27. The third-order valence-electron chi connectivity index (χ3n) is 3.50. The molecule has 150 valence electrons. The number of aryl methyl sites for hydroxylation is 1. The van der Waals surface area contributed by atoms with Gasteiger partial charge in [0.1, 0.15) is 4.34 Å². The topological polar surface area (TPSA) is 97.4 Å². The van der Waals surface area contributed by atoms with Gasteiger partial charge in [0.15, 0.2) is 6.10 Å². The summed E-state index contributed by atoms with van der Waals surface area (Å²) in [5.41, 5.74) is 2.13. The van der Waals surface area contributed by atoms with E-state index in [1.165, 1.54) is 18.7 Å². The molecule has 0 fully saturated rings. The SMILES string of the molecule is Cc1csc(SCc2ccccc2C(=O)O[C@@H](C)C(=O)NC(=O)NC(C)C)n1. The van der Waals surface area contributed by atoms with E-state index in [1.54, 1.807) is 37.3 Å². The van der Waals surface area contributed by atoms with E-state index in [4.69, 9.17) is 4.74 Å². The Balaban J connectivity index is 1.97. The molecule has 3 amide bonds. The summed E-state index contributed by atoms with van der Waals surface area (Å²) in [5.74, 6) is -0.745. The average Bonchev–Trinajstić information content (AvgIpc) is 3.04. The molecule has 0 aliphatic carbocycles. The minimum atomic E-state index is -1.10. The van der Waals surface area contributed by atoms with Crippen molar-refractivity contribution < 1.29 is 19.1 Å². The molecule has 0 spiro atoms. The fourth-order valence-corrected chi connectivity index (χ4v) is 4.03. The predicted octanol–water partition coefficient (Wildman–Crippen LogP) is 3.52. The van der Waals surface area contributed by atoms with Gasteiger partial charge < -0.3 is 10.1 Å². The Morgan fingerprint density at radius 2 is 1.93 bits per heavy atom. The number of nitrogens with one attached hydrogen (secondary N) is 2. The second-order valence-electron chi connectivity index (χ2n) is 6.37. The second kappa shape index (κ2) is 10.2. The van der Waals surface area contributed by atoms with Crippen LogP contribution < -0.4 is 10.6 Å². The number of thioether (sulfide) groups is 1. The summed E-state index contributed by atoms with van der Waals surface area (Å²) in [6, 6.07) is 6.33. The van der Waals surface area contributed by atoms with Gasteiger partial charge in [0.2, 0.25) is 0 Å². The zero-order chi connectivity index (χ0) is 20.7. The van der Waals surface area contributed by atoms with Crippen molar-refractivity contribution in [3.8, 4) is 0 Å². The molecule has 1 atom stereocenters. The lowest BCUT2D eigenvalue weighted by Gasteiger charge is -2.15. The van der Waals surface area contributed by atoms with Gasteiger partial charge in [-0.2, -0.15) is 0 Å². The highest BCUT2D eigenvalue weighted by atomic mass is 32.2. The third-order valence-corrected chi connectivity index (χ3v) is 5.68. The molecule has 0 radical (unpaired) electrons. The molecule has 0 saturated carbocycles. The minimum Gasteiger partial charge on any atom is -0.449 e. The number of carbonyl (C=O) groups is 3. The average molecular weight is 422 g/mol. The van der Waals surface area contributed by atoms with Crippen LogP contribution >= 0.6 is 23.1 Å². The number of hydrogen-bond donors (Lipinski definition) is 2. The van der Waals surface area contributed by atoms with Gasteiger partial charge in [0.05, 0.1) is 5.56 Å². The van der Waals surface area contributed by atoms with Crippen LogP contribution in [0, 0.1) is 6.92 Å². The summed E-state index contributed by atoms with van der Waals surface area (Å²) >= 11 is 3.08. The lowest BCUT2D eigenvalue weighted by Crippen LogP contribution is -2.46. The second-order valence-corrected chi connectivity index (χ2v) is 8.45. The molecule has 1 aromatic carbocycles. The predicted molar refractivity (Wildman–Crippen MR) is 110 cm³/mol. The molecular formula is C19H23N3O4S2. The zero-order valence-electron chi connectivity index (χ0n) is 16.1. The molecule has 2 rings (SSSR count). The Hall–Kier alpha value is -2.39. The lowest BCUT2D eigenvalue weighted by atomic mass is 10.1. The number of ether oxygens (including phenoxy) is 1. The Morgan fingerprint density at radius 1 is 1.21 bits per heavy atom. The van der Waals surface area contributed by atoms with Crippen molar-refractivity contribution in [1.29, 1.82) is 0 Å². The van der Waals surface area contributed by atoms with Gasteiger partial charge in [0, 0.05) is 22.9 Å². The molecule has 7 nitrogen and oxygen atoms in total. The van der Waals surface area contributed by atoms with Crippen molar-refractivity contribution in [1.82, 2.24) is 15.6 Å². The largest absolute Gasteiger partial charge is 0.449 e. The van der Waals surface area contributed by atoms with Crippen LogP contribution in [0.25, 0.3) is 0 Å². The summed E-state index contributed by atoms with van der Waals surface area (Å²) in [5, 5.41) is 6.66.